The maximum Gasteiger partial charge on any atom is 0.143 e. The molecule has 1 aromatic heterocycles. The minimum absolute atomic E-state index is 0.175. The van der Waals surface area contributed by atoms with E-state index < -0.39 is 24.2 Å². The van der Waals surface area contributed by atoms with E-state index in [0.29, 0.717) is 38.8 Å². The van der Waals surface area contributed by atoms with Gasteiger partial charge in [0.1, 0.15) is 11.2 Å². The molecule has 0 spiro atoms. The SMILES string of the molecule is [2H]c1c([2H])c([2H])c2c(-c3cccc4oc5c6ccccc6ccc5c34)c3c([2H])c([2H])c([2H])c([2H])c3c(-c3ccc4ccccc4c3)c2c1[2H]. The molecule has 1 heteroatoms. The lowest BCUT2D eigenvalue weighted by Crippen LogP contribution is -1.91. The highest BCUT2D eigenvalue weighted by molar-refractivity contribution is 6.27. The second kappa shape index (κ2) is 8.55. The molecule has 0 saturated carbocycles. The van der Waals surface area contributed by atoms with Crippen LogP contribution in [0.5, 0.6) is 0 Å². The zero-order valence-corrected chi connectivity index (χ0v) is 21.6. The molecule has 8 aromatic carbocycles. The average Bonchev–Trinajstić information content (AvgIpc) is 3.53. The lowest BCUT2D eigenvalue weighted by atomic mass is 9.84. The lowest BCUT2D eigenvalue weighted by molar-refractivity contribution is 0.673. The Bertz CT molecular complexity index is 2850. The molecule has 190 valence electrons. The third kappa shape index (κ3) is 3.24. The Morgan fingerprint density at radius 2 is 1.10 bits per heavy atom. The Balaban J connectivity index is 1.58. The highest BCUT2D eigenvalue weighted by Crippen LogP contribution is 2.47. The monoisotopic (exact) mass is 528 g/mol. The van der Waals surface area contributed by atoms with Crippen molar-refractivity contribution in [2.24, 2.45) is 0 Å². The first-order valence-corrected chi connectivity index (χ1v) is 13.5. The predicted molar refractivity (Wildman–Crippen MR) is 175 cm³/mol. The van der Waals surface area contributed by atoms with Crippen LogP contribution in [-0.4, -0.2) is 0 Å². The molecule has 0 fully saturated rings. The first-order valence-electron chi connectivity index (χ1n) is 17.5. The third-order valence-electron chi connectivity index (χ3n) is 8.07. The highest BCUT2D eigenvalue weighted by atomic mass is 16.3. The fourth-order valence-electron chi connectivity index (χ4n) is 6.29. The van der Waals surface area contributed by atoms with Gasteiger partial charge < -0.3 is 4.42 Å². The molecule has 9 aromatic rings. The van der Waals surface area contributed by atoms with E-state index in [1.165, 1.54) is 0 Å². The molecule has 1 heterocycles. The summed E-state index contributed by atoms with van der Waals surface area (Å²) in [5.74, 6) is 0. The number of rotatable bonds is 2. The van der Waals surface area contributed by atoms with Gasteiger partial charge in [-0.15, -0.1) is 0 Å². The van der Waals surface area contributed by atoms with Gasteiger partial charge in [0, 0.05) is 16.2 Å². The van der Waals surface area contributed by atoms with Crippen LogP contribution in [0.4, 0.5) is 0 Å². The van der Waals surface area contributed by atoms with Crippen molar-refractivity contribution in [1.29, 1.82) is 0 Å². The number of furan rings is 1. The van der Waals surface area contributed by atoms with E-state index in [1.807, 2.05) is 91.0 Å². The van der Waals surface area contributed by atoms with Crippen molar-refractivity contribution < 1.29 is 15.4 Å². The number of benzene rings is 8. The molecular weight excluding hydrogens is 496 g/mol. The molecule has 0 saturated heterocycles. The van der Waals surface area contributed by atoms with Gasteiger partial charge in [-0.1, -0.05) is 127 Å². The van der Waals surface area contributed by atoms with Gasteiger partial charge in [-0.2, -0.15) is 0 Å². The molecule has 0 amide bonds. The van der Waals surface area contributed by atoms with Crippen LogP contribution in [0.2, 0.25) is 0 Å². The van der Waals surface area contributed by atoms with Crippen molar-refractivity contribution in [2.45, 2.75) is 0 Å². The second-order valence-corrected chi connectivity index (χ2v) is 10.3. The molecule has 0 bridgehead atoms. The Labute approximate surface area is 248 Å². The Hall–Kier alpha value is -5.40. The van der Waals surface area contributed by atoms with Crippen LogP contribution in [0.15, 0.2) is 150 Å². The summed E-state index contributed by atoms with van der Waals surface area (Å²) in [7, 11) is 0. The van der Waals surface area contributed by atoms with Crippen LogP contribution in [0, 0.1) is 0 Å². The molecule has 0 N–H and O–H groups in total. The summed E-state index contributed by atoms with van der Waals surface area (Å²) >= 11 is 0. The summed E-state index contributed by atoms with van der Waals surface area (Å²) in [6, 6.07) is 27.8. The van der Waals surface area contributed by atoms with E-state index in [4.69, 9.17) is 9.90 Å². The van der Waals surface area contributed by atoms with Crippen LogP contribution in [0.25, 0.3) is 87.3 Å². The zero-order chi connectivity index (χ0) is 33.9. The smallest absolute Gasteiger partial charge is 0.143 e. The molecule has 0 aliphatic rings. The van der Waals surface area contributed by atoms with Gasteiger partial charge in [0.2, 0.25) is 0 Å². The third-order valence-corrected chi connectivity index (χ3v) is 8.07. The molecule has 0 aliphatic heterocycles. The molecule has 0 atom stereocenters. The first kappa shape index (κ1) is 16.0. The zero-order valence-electron chi connectivity index (χ0n) is 29.6. The highest BCUT2D eigenvalue weighted by Gasteiger charge is 2.20. The summed E-state index contributed by atoms with van der Waals surface area (Å²) in [6.45, 7) is 0. The Kier molecular flexibility index (Phi) is 3.34. The number of hydrogen-bond acceptors (Lipinski definition) is 1. The molecule has 9 rings (SSSR count). The predicted octanol–water partition coefficient (Wildman–Crippen LogP) is 11.5. The van der Waals surface area contributed by atoms with Crippen molar-refractivity contribution in [3.8, 4) is 22.3 Å². The summed E-state index contributed by atoms with van der Waals surface area (Å²) in [5.41, 5.74) is 2.95. The Morgan fingerprint density at radius 3 is 1.85 bits per heavy atom. The maximum absolute atomic E-state index is 9.34. The summed E-state index contributed by atoms with van der Waals surface area (Å²) < 4.78 is 78.8. The summed E-state index contributed by atoms with van der Waals surface area (Å²) in [5, 5.41) is 5.94. The number of fused-ring (bicyclic) bond motifs is 8. The van der Waals surface area contributed by atoms with E-state index in [9.17, 15) is 5.48 Å². The van der Waals surface area contributed by atoms with Crippen LogP contribution in [0.1, 0.15) is 11.0 Å². The van der Waals surface area contributed by atoms with E-state index >= 15 is 0 Å². The van der Waals surface area contributed by atoms with Crippen molar-refractivity contribution in [2.75, 3.05) is 0 Å². The van der Waals surface area contributed by atoms with Crippen LogP contribution < -0.4 is 0 Å². The molecule has 0 radical (unpaired) electrons. The van der Waals surface area contributed by atoms with Gasteiger partial charge in [0.25, 0.3) is 0 Å². The molecule has 1 nitrogen and oxygen atoms in total. The van der Waals surface area contributed by atoms with Gasteiger partial charge in [-0.25, -0.2) is 0 Å². The normalized spacial score (nSPS) is 14.6. The molecule has 0 aliphatic carbocycles. The number of hydrogen-bond donors (Lipinski definition) is 0. The van der Waals surface area contributed by atoms with Gasteiger partial charge >= 0.3 is 0 Å². The van der Waals surface area contributed by atoms with Crippen molar-refractivity contribution in [3.63, 3.8) is 0 Å². The van der Waals surface area contributed by atoms with E-state index in [-0.39, 0.29) is 45.7 Å². The topological polar surface area (TPSA) is 13.1 Å². The fraction of sp³-hybridized carbons (Fsp3) is 0. The minimum atomic E-state index is -0.432. The van der Waals surface area contributed by atoms with Gasteiger partial charge in [0.05, 0.1) is 11.0 Å². The second-order valence-electron chi connectivity index (χ2n) is 10.3. The van der Waals surface area contributed by atoms with Crippen molar-refractivity contribution in [3.05, 3.63) is 145 Å². The first-order chi connectivity index (χ1) is 23.7. The lowest BCUT2D eigenvalue weighted by Gasteiger charge is -2.18. The van der Waals surface area contributed by atoms with Crippen LogP contribution >= 0.6 is 0 Å². The van der Waals surface area contributed by atoms with Crippen LogP contribution in [0.3, 0.4) is 0 Å². The summed E-state index contributed by atoms with van der Waals surface area (Å²) in [4.78, 5) is 0. The quantitative estimate of drug-likeness (QED) is 0.203. The molecule has 0 unspecified atom stereocenters. The largest absolute Gasteiger partial charge is 0.455 e. The van der Waals surface area contributed by atoms with E-state index in [1.54, 1.807) is 6.07 Å². The van der Waals surface area contributed by atoms with Gasteiger partial charge in [0.15, 0.2) is 0 Å². The Morgan fingerprint density at radius 1 is 0.463 bits per heavy atom. The average molecular weight is 529 g/mol. The van der Waals surface area contributed by atoms with E-state index in [0.717, 1.165) is 26.9 Å². The molecular formula is C40H24O. The minimum Gasteiger partial charge on any atom is -0.455 e. The van der Waals surface area contributed by atoms with Gasteiger partial charge in [-0.05, 0) is 78.2 Å². The fourth-order valence-corrected chi connectivity index (χ4v) is 6.29. The maximum atomic E-state index is 9.34. The van der Waals surface area contributed by atoms with Crippen molar-refractivity contribution in [1.82, 2.24) is 0 Å². The van der Waals surface area contributed by atoms with Crippen molar-refractivity contribution >= 4 is 65.0 Å². The van der Waals surface area contributed by atoms with Crippen LogP contribution in [-0.2, 0) is 0 Å². The van der Waals surface area contributed by atoms with Gasteiger partial charge in [-0.3, -0.25) is 0 Å². The summed E-state index contributed by atoms with van der Waals surface area (Å²) in [6.07, 6.45) is 0. The van der Waals surface area contributed by atoms with E-state index in [2.05, 4.69) is 0 Å². The molecule has 41 heavy (non-hydrogen) atoms. The standard InChI is InChI=1S/C40H24O/c1-2-12-27-24-28(21-20-25(27)10-1)37-30-14-5-7-16-32(30)38(33-17-8-6-15-31(33)37)34-18-9-19-36-39(34)35-23-22-26-11-3-4-13-29(26)40(35)41-36/h1-24H/i5D,6D,7D,8D,14D,15D,16D,17D.